The van der Waals surface area contributed by atoms with Crippen molar-refractivity contribution in [3.8, 4) is 0 Å². The number of nitrogens with two attached hydrogens (primary N) is 1. The molecule has 1 aromatic carbocycles. The van der Waals surface area contributed by atoms with E-state index in [0.717, 1.165) is 25.3 Å². The molecule has 1 rings (SSSR count). The molecule has 0 aliphatic heterocycles. The number of esters is 1. The van der Waals surface area contributed by atoms with E-state index in [1.165, 1.54) is 12.1 Å². The fourth-order valence-corrected chi connectivity index (χ4v) is 1.67. The second-order valence-electron chi connectivity index (χ2n) is 4.34. The van der Waals surface area contributed by atoms with Crippen LogP contribution in [0, 0.1) is 10.1 Å². The summed E-state index contributed by atoms with van der Waals surface area (Å²) in [7, 11) is 0. The van der Waals surface area contributed by atoms with Crippen molar-refractivity contribution < 1.29 is 19.6 Å². The van der Waals surface area contributed by atoms with E-state index in [1.54, 1.807) is 0 Å². The molecule has 0 aliphatic carbocycles. The lowest BCUT2D eigenvalue weighted by atomic mass is 10.2. The molecule has 20 heavy (non-hydrogen) atoms. The normalized spacial score (nSPS) is 10.2. The van der Waals surface area contributed by atoms with E-state index in [0.29, 0.717) is 6.42 Å². The van der Waals surface area contributed by atoms with Crippen molar-refractivity contribution >= 4 is 17.3 Å². The second-order valence-corrected chi connectivity index (χ2v) is 4.34. The number of carbonyl (C=O) groups excluding carboxylic acids is 1. The molecule has 7 nitrogen and oxygen atoms in total. The van der Waals surface area contributed by atoms with E-state index in [2.05, 4.69) is 0 Å². The highest BCUT2D eigenvalue weighted by molar-refractivity contribution is 5.91. The molecule has 7 heteroatoms. The summed E-state index contributed by atoms with van der Waals surface area (Å²) in [5.41, 5.74) is 5.50. The van der Waals surface area contributed by atoms with Crippen LogP contribution in [0.4, 0.5) is 11.4 Å². The summed E-state index contributed by atoms with van der Waals surface area (Å²) in [6.45, 7) is 0.402. The number of ether oxygens (including phenoxy) is 1. The maximum atomic E-state index is 11.7. The summed E-state index contributed by atoms with van der Waals surface area (Å²) in [4.78, 5) is 21.8. The third kappa shape index (κ3) is 5.23. The van der Waals surface area contributed by atoms with Crippen LogP contribution in [0.1, 0.15) is 36.0 Å². The zero-order valence-corrected chi connectivity index (χ0v) is 11.1. The van der Waals surface area contributed by atoms with Crippen molar-refractivity contribution in [1.82, 2.24) is 0 Å². The highest BCUT2D eigenvalue weighted by atomic mass is 16.6. The predicted octanol–water partition coefficient (Wildman–Crippen LogP) is 1.89. The Morgan fingerprint density at radius 3 is 2.60 bits per heavy atom. The molecule has 3 N–H and O–H groups in total. The van der Waals surface area contributed by atoms with E-state index in [1.807, 2.05) is 0 Å². The summed E-state index contributed by atoms with van der Waals surface area (Å²) >= 11 is 0. The molecule has 110 valence electrons. The number of nitro benzene ring substituents is 1. The highest BCUT2D eigenvalue weighted by Crippen LogP contribution is 2.19. The summed E-state index contributed by atoms with van der Waals surface area (Å²) in [5.74, 6) is -0.623. The molecule has 0 atom stereocenters. The fourth-order valence-electron chi connectivity index (χ4n) is 1.67. The number of nitrogens with zero attached hydrogens (tertiary/aromatic N) is 1. The molecule has 0 amide bonds. The van der Waals surface area contributed by atoms with Gasteiger partial charge in [-0.1, -0.05) is 6.42 Å². The van der Waals surface area contributed by atoms with Crippen molar-refractivity contribution in [3.05, 3.63) is 33.9 Å². The lowest BCUT2D eigenvalue weighted by molar-refractivity contribution is -0.384. The van der Waals surface area contributed by atoms with Crippen LogP contribution in [-0.4, -0.2) is 29.2 Å². The number of rotatable bonds is 8. The quantitative estimate of drug-likeness (QED) is 0.247. The van der Waals surface area contributed by atoms with Crippen LogP contribution < -0.4 is 5.73 Å². The monoisotopic (exact) mass is 282 g/mol. The zero-order valence-electron chi connectivity index (χ0n) is 11.1. The summed E-state index contributed by atoms with van der Waals surface area (Å²) in [5, 5.41) is 19.3. The van der Waals surface area contributed by atoms with Gasteiger partial charge in [0.1, 0.15) is 0 Å². The molecule has 0 unspecified atom stereocenters. The molecule has 0 spiro atoms. The largest absolute Gasteiger partial charge is 0.462 e. The van der Waals surface area contributed by atoms with Crippen LogP contribution >= 0.6 is 0 Å². The first kappa shape index (κ1) is 15.9. The molecular formula is C13H18N2O5. The van der Waals surface area contributed by atoms with Gasteiger partial charge in [0.05, 0.1) is 17.1 Å². The van der Waals surface area contributed by atoms with E-state index < -0.39 is 10.9 Å². The van der Waals surface area contributed by atoms with E-state index in [9.17, 15) is 14.9 Å². The molecule has 0 radical (unpaired) electrons. The van der Waals surface area contributed by atoms with Crippen LogP contribution in [-0.2, 0) is 4.74 Å². The number of non-ortho nitro benzene ring substituents is 1. The topological polar surface area (TPSA) is 116 Å². The van der Waals surface area contributed by atoms with E-state index in [-0.39, 0.29) is 30.2 Å². The van der Waals surface area contributed by atoms with Gasteiger partial charge in [-0.3, -0.25) is 10.1 Å². The summed E-state index contributed by atoms with van der Waals surface area (Å²) < 4.78 is 5.02. The Labute approximate surface area is 116 Å². The number of hydrogen-bond donors (Lipinski definition) is 2. The first-order chi connectivity index (χ1) is 9.54. The van der Waals surface area contributed by atoms with Gasteiger partial charge < -0.3 is 15.6 Å². The Kier molecular flexibility index (Phi) is 6.45. The van der Waals surface area contributed by atoms with Crippen molar-refractivity contribution in [1.29, 1.82) is 0 Å². The third-order valence-corrected chi connectivity index (χ3v) is 2.67. The van der Waals surface area contributed by atoms with Gasteiger partial charge in [-0.05, 0) is 25.3 Å². The number of carbonyl (C=O) groups is 1. The molecule has 1 aromatic rings. The van der Waals surface area contributed by atoms with Gasteiger partial charge in [0.2, 0.25) is 0 Å². The first-order valence-corrected chi connectivity index (χ1v) is 6.37. The number of aliphatic hydroxyl groups is 1. The highest BCUT2D eigenvalue weighted by Gasteiger charge is 2.14. The smallest absolute Gasteiger partial charge is 0.338 e. The lowest BCUT2D eigenvalue weighted by Crippen LogP contribution is -2.08. The molecule has 0 bridgehead atoms. The number of hydrogen-bond acceptors (Lipinski definition) is 6. The average molecular weight is 282 g/mol. The minimum Gasteiger partial charge on any atom is -0.462 e. The molecule has 0 fully saturated rings. The van der Waals surface area contributed by atoms with Gasteiger partial charge in [0.25, 0.3) is 5.69 Å². The lowest BCUT2D eigenvalue weighted by Gasteiger charge is -2.05. The van der Waals surface area contributed by atoms with Crippen molar-refractivity contribution in [2.45, 2.75) is 25.7 Å². The second kappa shape index (κ2) is 8.11. The first-order valence-electron chi connectivity index (χ1n) is 6.37. The Bertz CT molecular complexity index is 476. The number of anilines is 1. The van der Waals surface area contributed by atoms with Gasteiger partial charge in [-0.25, -0.2) is 4.79 Å². The predicted molar refractivity (Wildman–Crippen MR) is 73.3 cm³/mol. The molecule has 0 heterocycles. The maximum Gasteiger partial charge on any atom is 0.338 e. The van der Waals surface area contributed by atoms with Crippen molar-refractivity contribution in [2.24, 2.45) is 0 Å². The maximum absolute atomic E-state index is 11.7. The number of unbranched alkanes of at least 4 members (excludes halogenated alkanes) is 3. The Morgan fingerprint density at radius 1 is 1.25 bits per heavy atom. The third-order valence-electron chi connectivity index (χ3n) is 2.67. The molecule has 0 saturated carbocycles. The average Bonchev–Trinajstić information content (AvgIpc) is 2.41. The Morgan fingerprint density at radius 2 is 1.95 bits per heavy atom. The number of nitro groups is 1. The summed E-state index contributed by atoms with van der Waals surface area (Å²) in [6, 6.07) is 3.68. The Hall–Kier alpha value is -2.15. The van der Waals surface area contributed by atoms with Crippen LogP contribution in [0.25, 0.3) is 0 Å². The zero-order chi connectivity index (χ0) is 15.0. The van der Waals surface area contributed by atoms with Gasteiger partial charge in [0, 0.05) is 24.4 Å². The van der Waals surface area contributed by atoms with Crippen LogP contribution in [0.3, 0.4) is 0 Å². The van der Waals surface area contributed by atoms with E-state index >= 15 is 0 Å². The number of nitrogen functional groups attached to an aromatic ring is 1. The SMILES string of the molecule is Nc1cc(C(=O)OCCCCCCO)cc([N+](=O)[O-])c1. The van der Waals surface area contributed by atoms with E-state index in [4.69, 9.17) is 15.6 Å². The van der Waals surface area contributed by atoms with Gasteiger partial charge >= 0.3 is 5.97 Å². The van der Waals surface area contributed by atoms with Crippen LogP contribution in [0.2, 0.25) is 0 Å². The number of aliphatic hydroxyl groups excluding tert-OH is 1. The minimum absolute atomic E-state index is 0.0760. The molecular weight excluding hydrogens is 264 g/mol. The van der Waals surface area contributed by atoms with Crippen molar-refractivity contribution in [3.63, 3.8) is 0 Å². The minimum atomic E-state index is -0.623. The Balaban J connectivity index is 2.49. The molecule has 0 aromatic heterocycles. The summed E-state index contributed by atoms with van der Waals surface area (Å²) in [6.07, 6.45) is 3.15. The van der Waals surface area contributed by atoms with Gasteiger partial charge in [0.15, 0.2) is 0 Å². The standard InChI is InChI=1S/C13H18N2O5/c14-11-7-10(8-12(9-11)15(18)19)13(17)20-6-4-2-1-3-5-16/h7-9,16H,1-6,14H2. The fraction of sp³-hybridized carbons (Fsp3) is 0.462. The van der Waals surface area contributed by atoms with Crippen LogP contribution in [0.15, 0.2) is 18.2 Å². The van der Waals surface area contributed by atoms with Gasteiger partial charge in [-0.2, -0.15) is 0 Å². The van der Waals surface area contributed by atoms with Crippen molar-refractivity contribution in [2.75, 3.05) is 18.9 Å². The molecule has 0 saturated heterocycles. The van der Waals surface area contributed by atoms with Gasteiger partial charge in [-0.15, -0.1) is 0 Å². The van der Waals surface area contributed by atoms with Crippen LogP contribution in [0.5, 0.6) is 0 Å². The number of benzene rings is 1. The molecule has 0 aliphatic rings.